The van der Waals surface area contributed by atoms with Crippen LogP contribution in [0.25, 0.3) is 27.5 Å². The zero-order valence-corrected chi connectivity index (χ0v) is 23.4. The van der Waals surface area contributed by atoms with E-state index in [4.69, 9.17) is 16.3 Å². The van der Waals surface area contributed by atoms with E-state index in [0.717, 1.165) is 62.1 Å². The maximum absolute atomic E-state index is 13.6. The van der Waals surface area contributed by atoms with Crippen molar-refractivity contribution < 1.29 is 4.74 Å². The number of H-pyrrole nitrogens is 1. The first-order valence-corrected chi connectivity index (χ1v) is 14.3. The lowest BCUT2D eigenvalue weighted by Crippen LogP contribution is -2.39. The molecule has 3 aromatic heterocycles. The average molecular weight is 557 g/mol. The number of nitrogens with zero attached hydrogens (tertiary/aromatic N) is 3. The first kappa shape index (κ1) is 26.4. The Morgan fingerprint density at radius 2 is 1.85 bits per heavy atom. The molecule has 1 aliphatic rings. The quantitative estimate of drug-likeness (QED) is 0.240. The molecule has 1 fully saturated rings. The van der Waals surface area contributed by atoms with Crippen molar-refractivity contribution in [3.63, 3.8) is 0 Å². The highest BCUT2D eigenvalue weighted by atomic mass is 35.5. The highest BCUT2D eigenvalue weighted by Gasteiger charge is 2.24. The normalized spacial score (nSPS) is 16.1. The van der Waals surface area contributed by atoms with Crippen LogP contribution in [0.2, 0.25) is 5.02 Å². The third-order valence-corrected chi connectivity index (χ3v) is 8.37. The number of methoxy groups -OCH3 is 1. The summed E-state index contributed by atoms with van der Waals surface area (Å²) in [5, 5.41) is 1.84. The lowest BCUT2D eigenvalue weighted by atomic mass is 9.90. The van der Waals surface area contributed by atoms with Crippen LogP contribution in [0.4, 0.5) is 0 Å². The van der Waals surface area contributed by atoms with Crippen LogP contribution in [0.5, 0.6) is 5.75 Å². The van der Waals surface area contributed by atoms with Gasteiger partial charge < -0.3 is 14.6 Å². The largest absolute Gasteiger partial charge is 0.497 e. The van der Waals surface area contributed by atoms with E-state index in [0.29, 0.717) is 28.6 Å². The molecule has 0 aliphatic carbocycles. The third-order valence-electron chi connectivity index (χ3n) is 8.12. The van der Waals surface area contributed by atoms with E-state index in [2.05, 4.69) is 28.2 Å². The second-order valence-corrected chi connectivity index (χ2v) is 11.0. The zero-order valence-electron chi connectivity index (χ0n) is 22.6. The summed E-state index contributed by atoms with van der Waals surface area (Å²) in [6, 6.07) is 18.9. The summed E-state index contributed by atoms with van der Waals surface area (Å²) in [5.41, 5.74) is 3.80. The molecule has 40 heavy (non-hydrogen) atoms. The molecular formula is C32H33ClN4O3. The van der Waals surface area contributed by atoms with Gasteiger partial charge >= 0.3 is 5.69 Å². The minimum absolute atomic E-state index is 0.258. The van der Waals surface area contributed by atoms with Crippen LogP contribution in [0.1, 0.15) is 37.2 Å². The number of benzene rings is 2. The minimum Gasteiger partial charge on any atom is -0.497 e. The Bertz CT molecular complexity index is 1770. The molecule has 206 valence electrons. The second-order valence-electron chi connectivity index (χ2n) is 10.6. The molecule has 0 amide bonds. The van der Waals surface area contributed by atoms with Gasteiger partial charge in [0.25, 0.3) is 5.56 Å². The molecule has 5 aromatic rings. The maximum Gasteiger partial charge on any atom is 0.335 e. The number of hydrogen-bond donors (Lipinski definition) is 1. The van der Waals surface area contributed by atoms with Gasteiger partial charge in [0, 0.05) is 41.4 Å². The van der Waals surface area contributed by atoms with Crippen LogP contribution < -0.4 is 16.0 Å². The Kier molecular flexibility index (Phi) is 7.50. The van der Waals surface area contributed by atoms with Crippen molar-refractivity contribution in [2.45, 2.75) is 38.1 Å². The number of pyridine rings is 1. The lowest BCUT2D eigenvalue weighted by molar-refractivity contribution is 0.204. The van der Waals surface area contributed by atoms with Gasteiger partial charge in [-0.05, 0) is 98.3 Å². The molecule has 1 atom stereocenters. The van der Waals surface area contributed by atoms with E-state index in [1.807, 2.05) is 36.4 Å². The zero-order chi connectivity index (χ0) is 27.6. The second kappa shape index (κ2) is 11.4. The van der Waals surface area contributed by atoms with Gasteiger partial charge in [-0.15, -0.1) is 0 Å². The van der Waals surface area contributed by atoms with Gasteiger partial charge in [0.15, 0.2) is 0 Å². The molecule has 0 spiro atoms. The van der Waals surface area contributed by atoms with Gasteiger partial charge in [-0.3, -0.25) is 13.8 Å². The number of likely N-dealkylation sites (tertiary alicyclic amines) is 1. The standard InChI is InChI=1S/C32H33ClN4O3/c1-40-25-13-14-28-26(19-25)27(20-34-28)23-7-6-16-35(21-23)15-4-5-18-37-31(38)30(22-9-11-24(33)12-10-22)29-8-2-3-17-36(29)32(37)39/h2-3,8-14,17,19-20,23,34H,4-7,15-16,18,21H2,1H3. The number of nitrogens with one attached hydrogen (secondary N) is 1. The molecular weight excluding hydrogens is 524 g/mol. The summed E-state index contributed by atoms with van der Waals surface area (Å²) in [7, 11) is 1.70. The Balaban J connectivity index is 1.16. The molecule has 1 N–H and O–H groups in total. The molecule has 2 aromatic carbocycles. The van der Waals surface area contributed by atoms with Crippen LogP contribution in [0.3, 0.4) is 0 Å². The predicted molar refractivity (Wildman–Crippen MR) is 161 cm³/mol. The van der Waals surface area contributed by atoms with Crippen molar-refractivity contribution in [3.05, 3.63) is 104 Å². The van der Waals surface area contributed by atoms with Gasteiger partial charge in [-0.2, -0.15) is 0 Å². The van der Waals surface area contributed by atoms with Gasteiger partial charge in [0.05, 0.1) is 18.2 Å². The number of halogens is 1. The van der Waals surface area contributed by atoms with E-state index in [-0.39, 0.29) is 11.2 Å². The fourth-order valence-corrected chi connectivity index (χ4v) is 6.19. The minimum atomic E-state index is -0.300. The number of aromatic amines is 1. The smallest absolute Gasteiger partial charge is 0.335 e. The Morgan fingerprint density at radius 3 is 2.67 bits per heavy atom. The molecule has 1 saturated heterocycles. The van der Waals surface area contributed by atoms with Crippen LogP contribution in [0, 0.1) is 0 Å². The summed E-state index contributed by atoms with van der Waals surface area (Å²) in [4.78, 5) is 32.8. The Labute approximate surface area is 237 Å². The SMILES string of the molecule is COc1ccc2[nH]cc(C3CCCN(CCCCn4c(=O)c(-c5ccc(Cl)cc5)c5ccccn5c4=O)C3)c2c1. The summed E-state index contributed by atoms with van der Waals surface area (Å²) in [6.07, 6.45) is 7.85. The highest BCUT2D eigenvalue weighted by Crippen LogP contribution is 2.34. The molecule has 0 saturated carbocycles. The van der Waals surface area contributed by atoms with E-state index < -0.39 is 0 Å². The van der Waals surface area contributed by atoms with Crippen molar-refractivity contribution >= 4 is 28.0 Å². The van der Waals surface area contributed by atoms with E-state index in [9.17, 15) is 9.59 Å². The van der Waals surface area contributed by atoms with Gasteiger partial charge in [-0.1, -0.05) is 29.8 Å². The first-order chi connectivity index (χ1) is 19.5. The maximum atomic E-state index is 13.6. The van der Waals surface area contributed by atoms with Gasteiger partial charge in [-0.25, -0.2) is 4.79 Å². The lowest BCUT2D eigenvalue weighted by Gasteiger charge is -2.32. The summed E-state index contributed by atoms with van der Waals surface area (Å²) in [6.45, 7) is 3.40. The fourth-order valence-electron chi connectivity index (χ4n) is 6.06. The van der Waals surface area contributed by atoms with Crippen molar-refractivity contribution in [2.24, 2.45) is 0 Å². The molecule has 6 rings (SSSR count). The number of aromatic nitrogens is 3. The number of piperidine rings is 1. The van der Waals surface area contributed by atoms with Crippen LogP contribution in [0.15, 0.2) is 82.6 Å². The summed E-state index contributed by atoms with van der Waals surface area (Å²) < 4.78 is 8.41. The fraction of sp³-hybridized carbons (Fsp3) is 0.312. The Morgan fingerprint density at radius 1 is 1.02 bits per heavy atom. The molecule has 1 aliphatic heterocycles. The van der Waals surface area contributed by atoms with Crippen LogP contribution in [-0.2, 0) is 6.54 Å². The topological polar surface area (TPSA) is 71.7 Å². The van der Waals surface area contributed by atoms with Crippen molar-refractivity contribution in [1.82, 2.24) is 18.9 Å². The molecule has 0 bridgehead atoms. The monoisotopic (exact) mass is 556 g/mol. The van der Waals surface area contributed by atoms with Crippen LogP contribution >= 0.6 is 11.6 Å². The molecule has 4 heterocycles. The van der Waals surface area contributed by atoms with Crippen LogP contribution in [-0.4, -0.2) is 45.6 Å². The first-order valence-electron chi connectivity index (χ1n) is 13.9. The number of hydrogen-bond acceptors (Lipinski definition) is 4. The van der Waals surface area contributed by atoms with Gasteiger partial charge in [0.1, 0.15) is 5.75 Å². The van der Waals surface area contributed by atoms with E-state index in [1.165, 1.54) is 15.5 Å². The number of rotatable bonds is 8. The molecule has 8 heteroatoms. The average Bonchev–Trinajstić information content (AvgIpc) is 3.41. The summed E-state index contributed by atoms with van der Waals surface area (Å²) >= 11 is 6.09. The molecule has 0 radical (unpaired) electrons. The number of unbranched alkanes of at least 4 members (excludes halogenated alkanes) is 1. The number of fused-ring (bicyclic) bond motifs is 2. The van der Waals surface area contributed by atoms with Crippen molar-refractivity contribution in [1.29, 1.82) is 0 Å². The van der Waals surface area contributed by atoms with Crippen molar-refractivity contribution in [2.75, 3.05) is 26.7 Å². The highest BCUT2D eigenvalue weighted by molar-refractivity contribution is 6.30. The van der Waals surface area contributed by atoms with E-state index in [1.54, 1.807) is 29.8 Å². The molecule has 1 unspecified atom stereocenters. The van der Waals surface area contributed by atoms with Gasteiger partial charge in [0.2, 0.25) is 0 Å². The number of ether oxygens (including phenoxy) is 1. The summed E-state index contributed by atoms with van der Waals surface area (Å²) in [5.74, 6) is 1.34. The third kappa shape index (κ3) is 5.07. The predicted octanol–water partition coefficient (Wildman–Crippen LogP) is 5.93. The Hall–Kier alpha value is -3.81. The molecule has 7 nitrogen and oxygen atoms in total. The van der Waals surface area contributed by atoms with Crippen molar-refractivity contribution in [3.8, 4) is 16.9 Å². The van der Waals surface area contributed by atoms with E-state index >= 15 is 0 Å².